The van der Waals surface area contributed by atoms with E-state index in [0.717, 1.165) is 16.9 Å². The summed E-state index contributed by atoms with van der Waals surface area (Å²) in [7, 11) is 0. The van der Waals surface area contributed by atoms with Crippen LogP contribution in [0, 0.1) is 28.4 Å². The molecule has 0 aliphatic heterocycles. The smallest absolute Gasteiger partial charge is 0.284 e. The summed E-state index contributed by atoms with van der Waals surface area (Å²) in [6.45, 7) is 4.27. The normalized spacial score (nSPS) is 11.0. The molecule has 0 saturated carbocycles. The van der Waals surface area contributed by atoms with Crippen LogP contribution in [0.5, 0.6) is 11.5 Å². The molecule has 0 radical (unpaired) electrons. The Hall–Kier alpha value is -5.02. The van der Waals surface area contributed by atoms with Gasteiger partial charge in [-0.1, -0.05) is 23.5 Å². The molecule has 0 spiro atoms. The molecule has 192 valence electrons. The van der Waals surface area contributed by atoms with Gasteiger partial charge in [-0.25, -0.2) is 0 Å². The minimum atomic E-state index is -0.709. The van der Waals surface area contributed by atoms with Gasteiger partial charge in [0.15, 0.2) is 5.01 Å². The number of hydrogen-bond donors (Lipinski definition) is 1. The zero-order valence-electron chi connectivity index (χ0n) is 20.3. The highest BCUT2D eigenvalue weighted by Crippen LogP contribution is 2.34. The molecule has 12 heteroatoms. The molecular formula is C26H21N5O6S. The zero-order chi connectivity index (χ0) is 27.1. The molecule has 11 nitrogen and oxygen atoms in total. The number of carbonyl (C=O) groups excluding carboxylic acids is 1. The van der Waals surface area contributed by atoms with Gasteiger partial charge >= 0.3 is 0 Å². The Balaban J connectivity index is 1.45. The fourth-order valence-electron chi connectivity index (χ4n) is 3.37. The maximum Gasteiger partial charge on any atom is 0.284 e. The molecule has 0 saturated heterocycles. The van der Waals surface area contributed by atoms with E-state index in [9.17, 15) is 20.2 Å². The Morgan fingerprint density at radius 3 is 2.74 bits per heavy atom. The quantitative estimate of drug-likeness (QED) is 0.120. The summed E-state index contributed by atoms with van der Waals surface area (Å²) in [5.41, 5.74) is 0.845. The van der Waals surface area contributed by atoms with E-state index in [1.54, 1.807) is 13.0 Å². The molecule has 1 N–H and O–H groups in total. The van der Waals surface area contributed by atoms with Crippen molar-refractivity contribution in [3.8, 4) is 28.9 Å². The summed E-state index contributed by atoms with van der Waals surface area (Å²) in [5, 5.41) is 32.3. The number of carbonyl (C=O) groups is 1. The first-order valence-electron chi connectivity index (χ1n) is 11.3. The lowest BCUT2D eigenvalue weighted by Crippen LogP contribution is -2.13. The highest BCUT2D eigenvalue weighted by molar-refractivity contribution is 7.15. The summed E-state index contributed by atoms with van der Waals surface area (Å²) in [6.07, 6.45) is 1.24. The van der Waals surface area contributed by atoms with E-state index in [0.29, 0.717) is 23.1 Å². The van der Waals surface area contributed by atoms with Gasteiger partial charge in [-0.2, -0.15) is 5.26 Å². The number of amides is 1. The number of ether oxygens (including phenoxy) is 2. The van der Waals surface area contributed by atoms with Crippen molar-refractivity contribution in [2.75, 3.05) is 11.9 Å². The first-order chi connectivity index (χ1) is 18.4. The van der Waals surface area contributed by atoms with Gasteiger partial charge in [0.05, 0.1) is 23.2 Å². The molecule has 4 rings (SSSR count). The molecule has 2 aromatic heterocycles. The van der Waals surface area contributed by atoms with Crippen molar-refractivity contribution in [1.29, 1.82) is 5.26 Å². The second-order valence-electron chi connectivity index (χ2n) is 7.80. The molecule has 2 heterocycles. The summed E-state index contributed by atoms with van der Waals surface area (Å²) < 4.78 is 16.7. The number of nitro benzene ring substituents is 1. The van der Waals surface area contributed by atoms with Crippen LogP contribution in [-0.2, 0) is 11.4 Å². The van der Waals surface area contributed by atoms with E-state index < -0.39 is 10.8 Å². The lowest BCUT2D eigenvalue weighted by atomic mass is 10.1. The van der Waals surface area contributed by atoms with E-state index >= 15 is 0 Å². The fourth-order valence-corrected chi connectivity index (χ4v) is 4.02. The number of rotatable bonds is 10. The molecule has 0 unspecified atom stereocenters. The Morgan fingerprint density at radius 2 is 2.00 bits per heavy atom. The largest absolute Gasteiger partial charge is 0.494 e. The lowest BCUT2D eigenvalue weighted by molar-refractivity contribution is -0.384. The number of nitrogens with one attached hydrogen (secondary N) is 1. The molecule has 0 atom stereocenters. The van der Waals surface area contributed by atoms with Crippen LogP contribution >= 0.6 is 11.3 Å². The fraction of sp³-hybridized carbons (Fsp3) is 0.154. The van der Waals surface area contributed by atoms with E-state index in [-0.39, 0.29) is 40.1 Å². The van der Waals surface area contributed by atoms with Gasteiger partial charge in [-0.3, -0.25) is 20.2 Å². The highest BCUT2D eigenvalue weighted by atomic mass is 32.1. The van der Waals surface area contributed by atoms with Gasteiger partial charge in [0.1, 0.15) is 41.3 Å². The standard InChI is InChI=1S/C26H21N5O6S/c1-3-35-19-7-9-21(22(13-19)31(33)34)23-10-8-20(37-23)12-17(14-27)25(32)28-26-30-29-24(38-26)15-36-18-6-4-5-16(2)11-18/h4-13H,3,15H2,1-2H3,(H,28,30,32)/b17-12-. The lowest BCUT2D eigenvalue weighted by Gasteiger charge is -2.05. The van der Waals surface area contributed by atoms with Crippen LogP contribution in [0.1, 0.15) is 23.3 Å². The van der Waals surface area contributed by atoms with Gasteiger partial charge < -0.3 is 13.9 Å². The number of nitriles is 1. The van der Waals surface area contributed by atoms with Crippen LogP contribution in [0.15, 0.2) is 64.6 Å². The first-order valence-corrected chi connectivity index (χ1v) is 12.1. The molecule has 0 aliphatic rings. The number of hydrogen-bond acceptors (Lipinski definition) is 10. The van der Waals surface area contributed by atoms with Crippen molar-refractivity contribution >= 4 is 34.1 Å². The number of aromatic nitrogens is 2. The maximum atomic E-state index is 12.7. The second-order valence-corrected chi connectivity index (χ2v) is 8.86. The predicted octanol–water partition coefficient (Wildman–Crippen LogP) is 5.54. The van der Waals surface area contributed by atoms with Crippen molar-refractivity contribution in [2.24, 2.45) is 0 Å². The third kappa shape index (κ3) is 6.40. The Kier molecular flexibility index (Phi) is 8.10. The van der Waals surface area contributed by atoms with E-state index in [2.05, 4.69) is 15.5 Å². The molecule has 0 aliphatic carbocycles. The molecule has 1 amide bonds. The van der Waals surface area contributed by atoms with E-state index in [1.165, 1.54) is 30.3 Å². The van der Waals surface area contributed by atoms with Crippen molar-refractivity contribution in [3.05, 3.63) is 86.6 Å². The van der Waals surface area contributed by atoms with Crippen LogP contribution < -0.4 is 14.8 Å². The Bertz CT molecular complexity index is 1550. The van der Waals surface area contributed by atoms with Gasteiger partial charge in [0.25, 0.3) is 11.6 Å². The second kappa shape index (κ2) is 11.8. The minimum Gasteiger partial charge on any atom is -0.494 e. The topological polar surface area (TPSA) is 153 Å². The number of aryl methyl sites for hydroxylation is 1. The van der Waals surface area contributed by atoms with Crippen molar-refractivity contribution in [3.63, 3.8) is 0 Å². The van der Waals surface area contributed by atoms with Crippen LogP contribution in [0.25, 0.3) is 17.4 Å². The highest BCUT2D eigenvalue weighted by Gasteiger charge is 2.20. The number of nitro groups is 1. The minimum absolute atomic E-state index is 0.166. The van der Waals surface area contributed by atoms with Crippen LogP contribution in [0.4, 0.5) is 10.8 Å². The first kappa shape index (κ1) is 26.1. The third-order valence-electron chi connectivity index (χ3n) is 5.06. The molecule has 0 bridgehead atoms. The van der Waals surface area contributed by atoms with E-state index in [1.807, 2.05) is 37.3 Å². The van der Waals surface area contributed by atoms with Crippen molar-refractivity contribution in [1.82, 2.24) is 10.2 Å². The third-order valence-corrected chi connectivity index (χ3v) is 5.87. The van der Waals surface area contributed by atoms with Gasteiger partial charge in [0, 0.05) is 6.08 Å². The van der Waals surface area contributed by atoms with Gasteiger partial charge in [-0.05, 0) is 55.8 Å². The van der Waals surface area contributed by atoms with E-state index in [4.69, 9.17) is 13.9 Å². The van der Waals surface area contributed by atoms with Crippen molar-refractivity contribution in [2.45, 2.75) is 20.5 Å². The predicted molar refractivity (Wildman–Crippen MR) is 140 cm³/mol. The zero-order valence-corrected chi connectivity index (χ0v) is 21.2. The molecule has 4 aromatic rings. The number of benzene rings is 2. The molecule has 0 fully saturated rings. The summed E-state index contributed by atoms with van der Waals surface area (Å²) >= 11 is 1.12. The SMILES string of the molecule is CCOc1ccc(-c2ccc(/C=C(/C#N)C(=O)Nc3nnc(COc4cccc(C)c4)s3)o2)c([N+](=O)[O-])c1. The average Bonchev–Trinajstić information content (AvgIpc) is 3.55. The Morgan fingerprint density at radius 1 is 1.18 bits per heavy atom. The average molecular weight is 532 g/mol. The molecular weight excluding hydrogens is 510 g/mol. The molecule has 38 heavy (non-hydrogen) atoms. The number of nitrogens with zero attached hydrogens (tertiary/aromatic N) is 4. The summed E-state index contributed by atoms with van der Waals surface area (Å²) in [5.74, 6) is 0.707. The summed E-state index contributed by atoms with van der Waals surface area (Å²) in [4.78, 5) is 23.7. The summed E-state index contributed by atoms with van der Waals surface area (Å²) in [6, 6.07) is 16.8. The van der Waals surface area contributed by atoms with Gasteiger partial charge in [0.2, 0.25) is 5.13 Å². The van der Waals surface area contributed by atoms with Crippen LogP contribution in [0.2, 0.25) is 0 Å². The number of furan rings is 1. The number of anilines is 1. The molecule has 2 aromatic carbocycles. The monoisotopic (exact) mass is 531 g/mol. The Labute approximate surface area is 221 Å². The van der Waals surface area contributed by atoms with Crippen molar-refractivity contribution < 1.29 is 23.6 Å². The van der Waals surface area contributed by atoms with Gasteiger partial charge in [-0.15, -0.1) is 10.2 Å². The van der Waals surface area contributed by atoms with Crippen LogP contribution in [0.3, 0.4) is 0 Å². The maximum absolute atomic E-state index is 12.7. The van der Waals surface area contributed by atoms with Crippen LogP contribution in [-0.4, -0.2) is 27.6 Å².